The van der Waals surface area contributed by atoms with E-state index in [1.54, 1.807) is 7.11 Å². The maximum atomic E-state index is 11.3. The molecule has 0 bridgehead atoms. The van der Waals surface area contributed by atoms with Gasteiger partial charge in [0.15, 0.2) is 0 Å². The quantitative estimate of drug-likeness (QED) is 0.871. The van der Waals surface area contributed by atoms with Crippen LogP contribution in [0.2, 0.25) is 0 Å². The number of rotatable bonds is 3. The topological polar surface area (TPSA) is 46.5 Å². The van der Waals surface area contributed by atoms with Gasteiger partial charge in [-0.3, -0.25) is 4.79 Å². The zero-order chi connectivity index (χ0) is 12.0. The summed E-state index contributed by atoms with van der Waals surface area (Å²) in [6.07, 6.45) is 3.21. The predicted octanol–water partition coefficient (Wildman–Crippen LogP) is 2.76. The van der Waals surface area contributed by atoms with Crippen molar-refractivity contribution < 1.29 is 14.6 Å². The van der Waals surface area contributed by atoms with Crippen molar-refractivity contribution in [1.29, 1.82) is 0 Å². The fourth-order valence-corrected chi connectivity index (χ4v) is 3.10. The van der Waals surface area contributed by atoms with E-state index in [2.05, 4.69) is 0 Å². The molecule has 0 aromatic heterocycles. The molecule has 3 nitrogen and oxygen atoms in total. The van der Waals surface area contributed by atoms with Crippen LogP contribution in [0.5, 0.6) is 5.75 Å². The van der Waals surface area contributed by atoms with Gasteiger partial charge in [0.25, 0.3) is 0 Å². The molecule has 0 radical (unpaired) electrons. The van der Waals surface area contributed by atoms with Crippen molar-refractivity contribution in [2.45, 2.75) is 31.1 Å². The Morgan fingerprint density at radius 1 is 1.41 bits per heavy atom. The minimum absolute atomic E-state index is 0.342. The lowest BCUT2D eigenvalue weighted by molar-refractivity contribution is -0.138. The van der Waals surface area contributed by atoms with Crippen LogP contribution in [0.25, 0.3) is 0 Å². The number of ether oxygens (including phenoxy) is 1. The smallest absolute Gasteiger partial charge is 0.311 e. The van der Waals surface area contributed by atoms with E-state index < -0.39 is 5.97 Å². The second-order valence-corrected chi connectivity index (χ2v) is 5.03. The highest BCUT2D eigenvalue weighted by Gasteiger charge is 2.44. The van der Waals surface area contributed by atoms with Gasteiger partial charge in [0.2, 0.25) is 0 Å². The van der Waals surface area contributed by atoms with Crippen LogP contribution in [0.4, 0.5) is 0 Å². The summed E-state index contributed by atoms with van der Waals surface area (Å²) in [6, 6.07) is 5.78. The van der Waals surface area contributed by atoms with E-state index in [0.29, 0.717) is 11.8 Å². The highest BCUT2D eigenvalue weighted by Crippen LogP contribution is 2.55. The maximum Gasteiger partial charge on any atom is 0.311 e. The van der Waals surface area contributed by atoms with Crippen LogP contribution in [-0.4, -0.2) is 18.2 Å². The molecule has 1 aromatic carbocycles. The SMILES string of the molecule is COc1cccc2c1C(C1CC1)CC2C(=O)O. The van der Waals surface area contributed by atoms with Crippen LogP contribution >= 0.6 is 0 Å². The van der Waals surface area contributed by atoms with Crippen LogP contribution in [0.1, 0.15) is 42.2 Å². The second-order valence-electron chi connectivity index (χ2n) is 5.03. The van der Waals surface area contributed by atoms with Gasteiger partial charge < -0.3 is 9.84 Å². The van der Waals surface area contributed by atoms with Gasteiger partial charge in [-0.25, -0.2) is 0 Å². The number of hydrogen-bond acceptors (Lipinski definition) is 2. The van der Waals surface area contributed by atoms with Crippen molar-refractivity contribution in [2.24, 2.45) is 5.92 Å². The minimum atomic E-state index is -0.706. The van der Waals surface area contributed by atoms with Crippen molar-refractivity contribution >= 4 is 5.97 Å². The Labute approximate surface area is 100 Å². The lowest BCUT2D eigenvalue weighted by Gasteiger charge is -2.13. The van der Waals surface area contributed by atoms with Crippen molar-refractivity contribution in [3.05, 3.63) is 29.3 Å². The summed E-state index contributed by atoms with van der Waals surface area (Å²) < 4.78 is 5.40. The zero-order valence-corrected chi connectivity index (χ0v) is 9.85. The molecule has 2 aliphatic rings. The van der Waals surface area contributed by atoms with Gasteiger partial charge >= 0.3 is 5.97 Å². The van der Waals surface area contributed by atoms with Crippen molar-refractivity contribution in [1.82, 2.24) is 0 Å². The molecular weight excluding hydrogens is 216 g/mol. The van der Waals surface area contributed by atoms with Gasteiger partial charge in [-0.05, 0) is 42.7 Å². The van der Waals surface area contributed by atoms with Crippen LogP contribution in [0, 0.1) is 5.92 Å². The summed E-state index contributed by atoms with van der Waals surface area (Å²) in [7, 11) is 1.66. The molecule has 0 amide bonds. The van der Waals surface area contributed by atoms with Crippen molar-refractivity contribution in [2.75, 3.05) is 7.11 Å². The van der Waals surface area contributed by atoms with Gasteiger partial charge in [0.1, 0.15) is 5.75 Å². The second kappa shape index (κ2) is 3.76. The predicted molar refractivity (Wildman–Crippen MR) is 63.5 cm³/mol. The van der Waals surface area contributed by atoms with Crippen LogP contribution in [0.15, 0.2) is 18.2 Å². The molecule has 1 fully saturated rings. The average molecular weight is 232 g/mol. The number of carbonyl (C=O) groups is 1. The van der Waals surface area contributed by atoms with E-state index in [9.17, 15) is 9.90 Å². The molecule has 0 aliphatic heterocycles. The number of aliphatic carboxylic acids is 1. The minimum Gasteiger partial charge on any atom is -0.496 e. The normalized spacial score (nSPS) is 26.6. The lowest BCUT2D eigenvalue weighted by atomic mass is 9.95. The van der Waals surface area contributed by atoms with Crippen molar-refractivity contribution in [3.8, 4) is 5.75 Å². The first kappa shape index (κ1) is 10.6. The molecule has 2 aliphatic carbocycles. The average Bonchev–Trinajstić information content (AvgIpc) is 3.08. The molecular formula is C14H16O3. The van der Waals surface area contributed by atoms with Gasteiger partial charge in [0.05, 0.1) is 13.0 Å². The summed E-state index contributed by atoms with van der Waals surface area (Å²) in [5, 5.41) is 9.30. The number of hydrogen-bond donors (Lipinski definition) is 1. The summed E-state index contributed by atoms with van der Waals surface area (Å²) in [6.45, 7) is 0. The molecule has 17 heavy (non-hydrogen) atoms. The van der Waals surface area contributed by atoms with E-state index in [-0.39, 0.29) is 5.92 Å². The van der Waals surface area contributed by atoms with Gasteiger partial charge in [-0.15, -0.1) is 0 Å². The third kappa shape index (κ3) is 1.61. The Hall–Kier alpha value is -1.51. The molecule has 0 saturated heterocycles. The fourth-order valence-electron chi connectivity index (χ4n) is 3.10. The monoisotopic (exact) mass is 232 g/mol. The number of fused-ring (bicyclic) bond motifs is 1. The Morgan fingerprint density at radius 2 is 2.18 bits per heavy atom. The summed E-state index contributed by atoms with van der Waals surface area (Å²) in [5.74, 6) is 0.883. The standard InChI is InChI=1S/C14H16O3/c1-17-12-4-2-3-9-11(14(15)16)7-10(13(9)12)8-5-6-8/h2-4,8,10-11H,5-7H2,1H3,(H,15,16). The molecule has 3 heteroatoms. The maximum absolute atomic E-state index is 11.3. The Bertz CT molecular complexity index is 463. The van der Waals surface area contributed by atoms with E-state index in [1.165, 1.54) is 12.8 Å². The van der Waals surface area contributed by atoms with E-state index in [1.807, 2.05) is 18.2 Å². The number of methoxy groups -OCH3 is 1. The van der Waals surface area contributed by atoms with Crippen molar-refractivity contribution in [3.63, 3.8) is 0 Å². The summed E-state index contributed by atoms with van der Waals surface area (Å²) in [4.78, 5) is 11.3. The third-order valence-corrected chi connectivity index (χ3v) is 4.04. The van der Waals surface area contributed by atoms with Gasteiger partial charge in [-0.1, -0.05) is 12.1 Å². The fraction of sp³-hybridized carbons (Fsp3) is 0.500. The molecule has 3 rings (SSSR count). The molecule has 0 spiro atoms. The van der Waals surface area contributed by atoms with Crippen LogP contribution in [-0.2, 0) is 4.79 Å². The number of benzene rings is 1. The molecule has 2 unspecified atom stereocenters. The van der Waals surface area contributed by atoms with E-state index >= 15 is 0 Å². The lowest BCUT2D eigenvalue weighted by Crippen LogP contribution is -2.08. The van der Waals surface area contributed by atoms with Gasteiger partial charge in [0, 0.05) is 5.56 Å². The first-order valence-corrected chi connectivity index (χ1v) is 6.12. The molecule has 1 saturated carbocycles. The Kier molecular flexibility index (Phi) is 2.35. The largest absolute Gasteiger partial charge is 0.496 e. The molecule has 1 aromatic rings. The van der Waals surface area contributed by atoms with Crippen LogP contribution < -0.4 is 4.74 Å². The molecule has 0 heterocycles. The zero-order valence-electron chi connectivity index (χ0n) is 9.85. The van der Waals surface area contributed by atoms with Crippen LogP contribution in [0.3, 0.4) is 0 Å². The molecule has 90 valence electrons. The highest BCUT2D eigenvalue weighted by molar-refractivity contribution is 5.79. The molecule has 1 N–H and O–H groups in total. The molecule has 2 atom stereocenters. The number of carboxylic acids is 1. The Balaban J connectivity index is 2.09. The third-order valence-electron chi connectivity index (χ3n) is 4.04. The Morgan fingerprint density at radius 3 is 2.76 bits per heavy atom. The van der Waals surface area contributed by atoms with Gasteiger partial charge in [-0.2, -0.15) is 0 Å². The first-order valence-electron chi connectivity index (χ1n) is 6.12. The summed E-state index contributed by atoms with van der Waals surface area (Å²) >= 11 is 0. The van der Waals surface area contributed by atoms with E-state index in [0.717, 1.165) is 23.3 Å². The number of carboxylic acid groups (broad SMARTS) is 1. The first-order chi connectivity index (χ1) is 8.22. The van der Waals surface area contributed by atoms with E-state index in [4.69, 9.17) is 4.74 Å². The summed E-state index contributed by atoms with van der Waals surface area (Å²) in [5.41, 5.74) is 2.12. The highest BCUT2D eigenvalue weighted by atomic mass is 16.5.